The minimum absolute atomic E-state index is 0.101. The maximum absolute atomic E-state index is 13.4. The number of halogens is 2. The SMILES string of the molecule is Nc1ccc(N2CCC(N3CCC(C(=O)NC4CCC(Nc5ncc(Cl)c(-c6cccc(-c7ccc(F)cc7)c6)n5)CC4)CC3)CC2)cc1. The zero-order chi connectivity index (χ0) is 33.7. The fourth-order valence-corrected chi connectivity index (χ4v) is 7.91. The van der Waals surface area contributed by atoms with E-state index in [2.05, 4.69) is 37.6 Å². The van der Waals surface area contributed by atoms with Crippen molar-refractivity contribution in [1.82, 2.24) is 20.2 Å². The summed E-state index contributed by atoms with van der Waals surface area (Å²) in [4.78, 5) is 27.6. The zero-order valence-electron chi connectivity index (χ0n) is 27.8. The molecule has 3 fully saturated rings. The van der Waals surface area contributed by atoms with Crippen LogP contribution in [-0.2, 0) is 4.79 Å². The van der Waals surface area contributed by atoms with Crippen molar-refractivity contribution in [2.75, 3.05) is 42.1 Å². The molecule has 0 radical (unpaired) electrons. The molecule has 10 heteroatoms. The normalized spacial score (nSPS) is 21.0. The largest absolute Gasteiger partial charge is 0.399 e. The third-order valence-corrected chi connectivity index (χ3v) is 10.9. The van der Waals surface area contributed by atoms with Crippen LogP contribution < -0.4 is 21.3 Å². The second-order valence-electron chi connectivity index (χ2n) is 13.8. The second kappa shape index (κ2) is 15.1. The standard InChI is InChI=1S/C39H45ClFN7O/c40-36-25-43-39(46-37(36)29-3-1-2-28(24-29)26-4-6-30(41)7-5-26)45-33-12-10-32(11-13-33)44-38(49)27-16-20-47(21-17-27)35-18-22-48(23-19-35)34-14-8-31(42)9-15-34/h1-9,14-15,24-25,27,32-33,35H,10-13,16-23,42H2,(H,44,49)(H,43,45,46). The Bertz CT molecular complexity index is 1710. The fourth-order valence-electron chi connectivity index (χ4n) is 7.71. The number of nitrogens with two attached hydrogens (primary N) is 1. The number of nitrogens with zero attached hydrogens (tertiary/aromatic N) is 4. The number of likely N-dealkylation sites (tertiary alicyclic amines) is 1. The molecular weight excluding hydrogens is 637 g/mol. The highest BCUT2D eigenvalue weighted by Crippen LogP contribution is 2.32. The summed E-state index contributed by atoms with van der Waals surface area (Å²) >= 11 is 6.55. The molecule has 0 unspecified atom stereocenters. The van der Waals surface area contributed by atoms with Gasteiger partial charge in [0, 0.05) is 54.1 Å². The molecule has 4 N–H and O–H groups in total. The third-order valence-electron chi connectivity index (χ3n) is 10.6. The predicted octanol–water partition coefficient (Wildman–Crippen LogP) is 7.41. The summed E-state index contributed by atoms with van der Waals surface area (Å²) in [6.07, 6.45) is 9.53. The lowest BCUT2D eigenvalue weighted by Gasteiger charge is -2.42. The van der Waals surface area contributed by atoms with E-state index < -0.39 is 0 Å². The van der Waals surface area contributed by atoms with Gasteiger partial charge in [0.25, 0.3) is 0 Å². The number of benzene rings is 3. The summed E-state index contributed by atoms with van der Waals surface area (Å²) < 4.78 is 13.4. The van der Waals surface area contributed by atoms with E-state index in [4.69, 9.17) is 22.3 Å². The first-order chi connectivity index (χ1) is 23.9. The molecule has 4 aromatic rings. The highest BCUT2D eigenvalue weighted by atomic mass is 35.5. The monoisotopic (exact) mass is 681 g/mol. The van der Waals surface area contributed by atoms with Crippen molar-refractivity contribution in [3.63, 3.8) is 0 Å². The second-order valence-corrected chi connectivity index (χ2v) is 14.2. The van der Waals surface area contributed by atoms with Gasteiger partial charge in [0.1, 0.15) is 5.82 Å². The molecule has 8 nitrogen and oxygen atoms in total. The molecule has 3 heterocycles. The first kappa shape index (κ1) is 33.3. The number of hydrogen-bond donors (Lipinski definition) is 3. The van der Waals surface area contributed by atoms with Crippen molar-refractivity contribution in [1.29, 1.82) is 0 Å². The lowest BCUT2D eigenvalue weighted by Crippen LogP contribution is -2.50. The Balaban J connectivity index is 0.855. The van der Waals surface area contributed by atoms with Crippen LogP contribution in [0.1, 0.15) is 51.4 Å². The van der Waals surface area contributed by atoms with Crippen LogP contribution in [0.5, 0.6) is 0 Å². The lowest BCUT2D eigenvalue weighted by molar-refractivity contribution is -0.127. The molecule has 1 amide bonds. The maximum atomic E-state index is 13.4. The van der Waals surface area contributed by atoms with Crippen LogP contribution >= 0.6 is 11.6 Å². The van der Waals surface area contributed by atoms with Gasteiger partial charge in [0.2, 0.25) is 11.9 Å². The smallest absolute Gasteiger partial charge is 0.223 e. The van der Waals surface area contributed by atoms with E-state index in [1.807, 2.05) is 36.4 Å². The molecule has 2 saturated heterocycles. The Morgan fingerprint density at radius 2 is 1.47 bits per heavy atom. The van der Waals surface area contributed by atoms with Crippen molar-refractivity contribution < 1.29 is 9.18 Å². The van der Waals surface area contributed by atoms with Crippen LogP contribution in [0.25, 0.3) is 22.4 Å². The summed E-state index contributed by atoms with van der Waals surface area (Å²) in [5.41, 5.74) is 11.3. The average molecular weight is 682 g/mol. The number of nitrogen functional groups attached to an aromatic ring is 1. The minimum Gasteiger partial charge on any atom is -0.399 e. The number of carbonyl (C=O) groups excluding carboxylic acids is 1. The quantitative estimate of drug-likeness (QED) is 0.167. The summed E-state index contributed by atoms with van der Waals surface area (Å²) in [6, 6.07) is 23.6. The van der Waals surface area contributed by atoms with Crippen LogP contribution in [0.3, 0.4) is 0 Å². The zero-order valence-corrected chi connectivity index (χ0v) is 28.6. The molecular formula is C39H45ClFN7O. The first-order valence-corrected chi connectivity index (χ1v) is 18.1. The van der Waals surface area contributed by atoms with E-state index in [9.17, 15) is 9.18 Å². The first-order valence-electron chi connectivity index (χ1n) is 17.7. The van der Waals surface area contributed by atoms with Gasteiger partial charge in [0.15, 0.2) is 0 Å². The van der Waals surface area contributed by atoms with Crippen LogP contribution in [0.2, 0.25) is 5.02 Å². The van der Waals surface area contributed by atoms with Gasteiger partial charge >= 0.3 is 0 Å². The Morgan fingerprint density at radius 3 is 2.18 bits per heavy atom. The average Bonchev–Trinajstić information content (AvgIpc) is 3.14. The van der Waals surface area contributed by atoms with Gasteiger partial charge < -0.3 is 26.2 Å². The third kappa shape index (κ3) is 8.16. The molecule has 1 aliphatic carbocycles. The molecule has 0 spiro atoms. The van der Waals surface area contributed by atoms with Gasteiger partial charge in [-0.1, -0.05) is 41.9 Å². The van der Waals surface area contributed by atoms with E-state index in [0.717, 1.165) is 99.9 Å². The van der Waals surface area contributed by atoms with Crippen molar-refractivity contribution in [3.05, 3.63) is 89.8 Å². The number of piperidine rings is 2. The molecule has 2 aliphatic heterocycles. The summed E-state index contributed by atoms with van der Waals surface area (Å²) in [6.45, 7) is 4.12. The van der Waals surface area contributed by atoms with Crippen LogP contribution in [0, 0.1) is 11.7 Å². The fraction of sp³-hybridized carbons (Fsp3) is 0.410. The van der Waals surface area contributed by atoms with Crippen molar-refractivity contribution >= 4 is 34.8 Å². The lowest BCUT2D eigenvalue weighted by atomic mass is 9.89. The highest BCUT2D eigenvalue weighted by molar-refractivity contribution is 6.32. The highest BCUT2D eigenvalue weighted by Gasteiger charge is 2.32. The van der Waals surface area contributed by atoms with Crippen molar-refractivity contribution in [2.24, 2.45) is 5.92 Å². The van der Waals surface area contributed by atoms with E-state index >= 15 is 0 Å². The van der Waals surface area contributed by atoms with E-state index in [-0.39, 0.29) is 29.7 Å². The molecule has 7 rings (SSSR count). The van der Waals surface area contributed by atoms with E-state index in [1.54, 1.807) is 18.3 Å². The molecule has 49 heavy (non-hydrogen) atoms. The van der Waals surface area contributed by atoms with Gasteiger partial charge in [-0.15, -0.1) is 0 Å². The number of aromatic nitrogens is 2. The molecule has 256 valence electrons. The Kier molecular flexibility index (Phi) is 10.3. The van der Waals surface area contributed by atoms with Crippen LogP contribution in [0.15, 0.2) is 79.0 Å². The van der Waals surface area contributed by atoms with Crippen molar-refractivity contribution in [2.45, 2.75) is 69.5 Å². The maximum Gasteiger partial charge on any atom is 0.223 e. The number of rotatable bonds is 8. The molecule has 1 saturated carbocycles. The summed E-state index contributed by atoms with van der Waals surface area (Å²) in [5, 5.41) is 7.37. The number of carbonyl (C=O) groups is 1. The van der Waals surface area contributed by atoms with Gasteiger partial charge in [-0.05, 0) is 118 Å². The van der Waals surface area contributed by atoms with Crippen molar-refractivity contribution in [3.8, 4) is 22.4 Å². The van der Waals surface area contributed by atoms with E-state index in [0.29, 0.717) is 22.7 Å². The van der Waals surface area contributed by atoms with Gasteiger partial charge in [0.05, 0.1) is 16.9 Å². The topological polar surface area (TPSA) is 99.4 Å². The Hall–Kier alpha value is -4.21. The van der Waals surface area contributed by atoms with Crippen LogP contribution in [0.4, 0.5) is 21.7 Å². The summed E-state index contributed by atoms with van der Waals surface area (Å²) in [7, 11) is 0. The van der Waals surface area contributed by atoms with Gasteiger partial charge in [-0.2, -0.15) is 0 Å². The van der Waals surface area contributed by atoms with Crippen LogP contribution in [-0.4, -0.2) is 65.1 Å². The number of nitrogens with one attached hydrogen (secondary N) is 2. The number of anilines is 3. The summed E-state index contributed by atoms with van der Waals surface area (Å²) in [5.74, 6) is 0.606. The predicted molar refractivity (Wildman–Crippen MR) is 196 cm³/mol. The van der Waals surface area contributed by atoms with Gasteiger partial charge in [-0.25, -0.2) is 14.4 Å². The minimum atomic E-state index is -0.263. The molecule has 3 aliphatic rings. The molecule has 0 atom stereocenters. The van der Waals surface area contributed by atoms with E-state index in [1.165, 1.54) is 17.8 Å². The molecule has 1 aromatic heterocycles. The molecule has 3 aromatic carbocycles. The Morgan fingerprint density at radius 1 is 0.796 bits per heavy atom. The Labute approximate surface area is 293 Å². The van der Waals surface area contributed by atoms with Gasteiger partial charge in [-0.3, -0.25) is 4.79 Å². The number of hydrogen-bond acceptors (Lipinski definition) is 7. The molecule has 0 bridgehead atoms. The number of amides is 1.